The van der Waals surface area contributed by atoms with Gasteiger partial charge in [0.1, 0.15) is 11.5 Å². The Morgan fingerprint density at radius 3 is 2.55 bits per heavy atom. The topological polar surface area (TPSA) is 69.8 Å². The van der Waals surface area contributed by atoms with E-state index in [4.69, 9.17) is 9.47 Å². The number of amides is 1. The molecule has 0 spiro atoms. The number of carbonyl (C=O) groups is 1. The van der Waals surface area contributed by atoms with E-state index in [-0.39, 0.29) is 5.91 Å². The molecule has 0 bridgehead atoms. The highest BCUT2D eigenvalue weighted by Crippen LogP contribution is 2.46. The third kappa shape index (κ3) is 3.82. The van der Waals surface area contributed by atoms with Gasteiger partial charge in [-0.2, -0.15) is 0 Å². The van der Waals surface area contributed by atoms with Crippen LogP contribution in [0.5, 0.6) is 11.5 Å². The second-order valence-electron chi connectivity index (χ2n) is 8.50. The fourth-order valence-corrected chi connectivity index (χ4v) is 4.71. The molecule has 7 nitrogen and oxygen atoms in total. The fraction of sp³-hybridized carbons (Fsp3) is 0.346. The van der Waals surface area contributed by atoms with Crippen molar-refractivity contribution in [1.29, 1.82) is 0 Å². The molecule has 1 aromatic heterocycles. The lowest BCUT2D eigenvalue weighted by Crippen LogP contribution is -2.46. The van der Waals surface area contributed by atoms with Gasteiger partial charge in [-0.3, -0.25) is 4.79 Å². The minimum absolute atomic E-state index is 0.0350. The van der Waals surface area contributed by atoms with Gasteiger partial charge in [-0.25, -0.2) is 0 Å². The Bertz CT molecular complexity index is 1150. The zero-order chi connectivity index (χ0) is 22.9. The number of rotatable bonds is 6. The van der Waals surface area contributed by atoms with Gasteiger partial charge in [-0.05, 0) is 36.6 Å². The Morgan fingerprint density at radius 2 is 1.88 bits per heavy atom. The molecular weight excluding hydrogens is 416 g/mol. The summed E-state index contributed by atoms with van der Waals surface area (Å²) in [7, 11) is 3.25. The Kier molecular flexibility index (Phi) is 5.72. The summed E-state index contributed by atoms with van der Waals surface area (Å²) in [6.07, 6.45) is 8.31. The molecule has 1 aliphatic carbocycles. The van der Waals surface area contributed by atoms with E-state index in [1.54, 1.807) is 14.2 Å². The first-order chi connectivity index (χ1) is 16.2. The number of aromatic amines is 1. The minimum atomic E-state index is -0.0350. The molecular formula is C26H30N4O3. The van der Waals surface area contributed by atoms with Gasteiger partial charge in [0.25, 0.3) is 5.91 Å². The predicted octanol–water partition coefficient (Wildman–Crippen LogP) is 3.47. The van der Waals surface area contributed by atoms with E-state index in [2.05, 4.69) is 34.0 Å². The van der Waals surface area contributed by atoms with Gasteiger partial charge in [0.05, 0.1) is 31.2 Å². The van der Waals surface area contributed by atoms with Crippen LogP contribution in [0.1, 0.15) is 40.0 Å². The molecule has 2 aliphatic heterocycles. The first-order valence-electron chi connectivity index (χ1n) is 11.4. The number of H-pyrrole nitrogens is 1. The highest BCUT2D eigenvalue weighted by molar-refractivity contribution is 6.00. The van der Waals surface area contributed by atoms with Crippen LogP contribution in [0.4, 0.5) is 0 Å². The van der Waals surface area contributed by atoms with Crippen molar-refractivity contribution in [1.82, 2.24) is 20.1 Å². The molecule has 1 amide bonds. The SMILES string of the molecule is C=CCN1C=C(c2cc(OC)c(C(=O)N3CCNCC3)cc2OC)c2cc[nH]c2C1=C1CC1. The highest BCUT2D eigenvalue weighted by Gasteiger charge is 2.32. The average Bonchev–Trinajstić information content (AvgIpc) is 3.58. The predicted molar refractivity (Wildman–Crippen MR) is 129 cm³/mol. The number of nitrogens with zero attached hydrogens (tertiary/aromatic N) is 2. The number of piperazine rings is 1. The highest BCUT2D eigenvalue weighted by atomic mass is 16.5. The van der Waals surface area contributed by atoms with Crippen LogP contribution < -0.4 is 14.8 Å². The number of carbonyl (C=O) groups excluding carboxylic acids is 1. The molecule has 172 valence electrons. The standard InChI is InChI=1S/C26H30N4O3/c1-4-11-30-16-21(18-7-8-28-24(18)25(30)17-5-6-17)19-14-23(33-3)20(15-22(19)32-2)26(31)29-12-9-27-10-13-29/h4,7-8,14-16,27-28H,1,5-6,9-13H2,2-3H3. The zero-order valence-electron chi connectivity index (χ0n) is 19.2. The summed E-state index contributed by atoms with van der Waals surface area (Å²) in [6, 6.07) is 5.84. The van der Waals surface area contributed by atoms with Crippen LogP contribution in [0, 0.1) is 0 Å². The van der Waals surface area contributed by atoms with E-state index < -0.39 is 0 Å². The van der Waals surface area contributed by atoms with E-state index in [0.29, 0.717) is 36.7 Å². The van der Waals surface area contributed by atoms with Crippen LogP contribution in [-0.4, -0.2) is 67.6 Å². The summed E-state index contributed by atoms with van der Waals surface area (Å²) in [5.41, 5.74) is 7.37. The van der Waals surface area contributed by atoms with E-state index in [9.17, 15) is 4.79 Å². The Labute approximate surface area is 194 Å². The second kappa shape index (κ2) is 8.83. The summed E-state index contributed by atoms with van der Waals surface area (Å²) in [4.78, 5) is 20.8. The number of methoxy groups -OCH3 is 2. The molecule has 1 aromatic carbocycles. The number of aromatic nitrogens is 1. The van der Waals surface area contributed by atoms with Crippen molar-refractivity contribution >= 4 is 17.2 Å². The largest absolute Gasteiger partial charge is 0.496 e. The van der Waals surface area contributed by atoms with Gasteiger partial charge >= 0.3 is 0 Å². The molecule has 2 N–H and O–H groups in total. The van der Waals surface area contributed by atoms with Crippen molar-refractivity contribution in [2.75, 3.05) is 46.9 Å². The molecule has 7 heteroatoms. The lowest BCUT2D eigenvalue weighted by Gasteiger charge is -2.30. The molecule has 0 radical (unpaired) electrons. The first kappa shape index (κ1) is 21.4. The molecule has 2 aromatic rings. The number of hydrogen-bond donors (Lipinski definition) is 2. The Morgan fingerprint density at radius 1 is 1.12 bits per heavy atom. The lowest BCUT2D eigenvalue weighted by atomic mass is 9.92. The average molecular weight is 447 g/mol. The van der Waals surface area contributed by atoms with Gasteiger partial charge in [0.15, 0.2) is 0 Å². The molecule has 3 aliphatic rings. The van der Waals surface area contributed by atoms with E-state index in [1.165, 1.54) is 11.3 Å². The van der Waals surface area contributed by atoms with Crippen LogP contribution in [0.25, 0.3) is 11.3 Å². The molecule has 5 rings (SSSR count). The van der Waals surface area contributed by atoms with Gasteiger partial charge in [-0.15, -0.1) is 6.58 Å². The smallest absolute Gasteiger partial charge is 0.257 e. The monoisotopic (exact) mass is 446 g/mol. The maximum Gasteiger partial charge on any atom is 0.257 e. The van der Waals surface area contributed by atoms with Crippen molar-refractivity contribution in [3.05, 3.63) is 71.2 Å². The van der Waals surface area contributed by atoms with Gasteiger partial charge in [0, 0.05) is 61.8 Å². The molecule has 0 unspecified atom stereocenters. The number of fused-ring (bicyclic) bond motifs is 1. The summed E-state index contributed by atoms with van der Waals surface area (Å²) in [5.74, 6) is 1.16. The van der Waals surface area contributed by atoms with Crippen LogP contribution in [0.2, 0.25) is 0 Å². The van der Waals surface area contributed by atoms with Crippen LogP contribution >= 0.6 is 0 Å². The molecule has 1 saturated heterocycles. The van der Waals surface area contributed by atoms with Crippen molar-refractivity contribution in [3.63, 3.8) is 0 Å². The van der Waals surface area contributed by atoms with Crippen LogP contribution in [-0.2, 0) is 0 Å². The van der Waals surface area contributed by atoms with Crippen LogP contribution in [0.3, 0.4) is 0 Å². The van der Waals surface area contributed by atoms with Crippen molar-refractivity contribution < 1.29 is 14.3 Å². The van der Waals surface area contributed by atoms with E-state index in [0.717, 1.165) is 48.3 Å². The number of allylic oxidation sites excluding steroid dienone is 1. The van der Waals surface area contributed by atoms with Gasteiger partial charge in [0.2, 0.25) is 0 Å². The molecule has 33 heavy (non-hydrogen) atoms. The number of ether oxygens (including phenoxy) is 2. The Hall–Kier alpha value is -3.45. The maximum atomic E-state index is 13.3. The van der Waals surface area contributed by atoms with Gasteiger partial charge < -0.3 is 29.6 Å². The fourth-order valence-electron chi connectivity index (χ4n) is 4.71. The number of nitrogens with one attached hydrogen (secondary N) is 2. The summed E-state index contributed by atoms with van der Waals surface area (Å²) in [6.45, 7) is 7.61. The molecule has 2 fully saturated rings. The second-order valence-corrected chi connectivity index (χ2v) is 8.50. The summed E-state index contributed by atoms with van der Waals surface area (Å²) < 4.78 is 11.5. The third-order valence-electron chi connectivity index (χ3n) is 6.45. The maximum absolute atomic E-state index is 13.3. The number of hydrogen-bond acceptors (Lipinski definition) is 5. The van der Waals surface area contributed by atoms with Crippen molar-refractivity contribution in [2.24, 2.45) is 0 Å². The normalized spacial score (nSPS) is 17.5. The van der Waals surface area contributed by atoms with Crippen LogP contribution in [0.15, 0.2) is 48.8 Å². The first-order valence-corrected chi connectivity index (χ1v) is 11.4. The van der Waals surface area contributed by atoms with Crippen molar-refractivity contribution in [3.8, 4) is 11.5 Å². The van der Waals surface area contributed by atoms with Gasteiger partial charge in [-0.1, -0.05) is 6.08 Å². The zero-order valence-corrected chi connectivity index (χ0v) is 19.2. The third-order valence-corrected chi connectivity index (χ3v) is 6.45. The quantitative estimate of drug-likeness (QED) is 0.665. The molecule has 1 saturated carbocycles. The van der Waals surface area contributed by atoms with E-state index >= 15 is 0 Å². The van der Waals surface area contributed by atoms with Crippen molar-refractivity contribution in [2.45, 2.75) is 12.8 Å². The summed E-state index contributed by atoms with van der Waals surface area (Å²) in [5, 5.41) is 3.29. The minimum Gasteiger partial charge on any atom is -0.496 e. The van der Waals surface area contributed by atoms with E-state index in [1.807, 2.05) is 29.3 Å². The summed E-state index contributed by atoms with van der Waals surface area (Å²) >= 11 is 0. The Balaban J connectivity index is 1.61. The number of benzene rings is 1. The molecule has 0 atom stereocenters. The molecule has 3 heterocycles. The lowest BCUT2D eigenvalue weighted by molar-refractivity contribution is 0.0732.